The number of thiazole rings is 1. The number of nitrogens with zero attached hydrogens (tertiary/aromatic N) is 1. The molecule has 82 valence electrons. The predicted octanol–water partition coefficient (Wildman–Crippen LogP) is 3.04. The second kappa shape index (κ2) is 4.92. The van der Waals surface area contributed by atoms with Crippen LogP contribution in [-0.4, -0.2) is 16.1 Å². The van der Waals surface area contributed by atoms with Crippen LogP contribution in [0.4, 0.5) is 0 Å². The SMILES string of the molecule is O=C(O)Cc1nc(-c2ccc(I)cc2)cs1. The Bertz CT molecular complexity index is 507. The van der Waals surface area contributed by atoms with Crippen molar-refractivity contribution >= 4 is 39.9 Å². The molecule has 0 saturated carbocycles. The number of aromatic nitrogens is 1. The smallest absolute Gasteiger partial charge is 0.310 e. The molecule has 16 heavy (non-hydrogen) atoms. The highest BCUT2D eigenvalue weighted by atomic mass is 127. The van der Waals surface area contributed by atoms with Gasteiger partial charge in [0.15, 0.2) is 0 Å². The van der Waals surface area contributed by atoms with Gasteiger partial charge in [0.25, 0.3) is 0 Å². The van der Waals surface area contributed by atoms with Crippen LogP contribution in [0.25, 0.3) is 11.3 Å². The number of hydrogen-bond acceptors (Lipinski definition) is 3. The van der Waals surface area contributed by atoms with Crippen LogP contribution in [0.1, 0.15) is 5.01 Å². The van der Waals surface area contributed by atoms with E-state index in [-0.39, 0.29) is 6.42 Å². The maximum absolute atomic E-state index is 10.5. The number of carboxylic acid groups (broad SMARTS) is 1. The highest BCUT2D eigenvalue weighted by Gasteiger charge is 2.07. The first-order chi connectivity index (χ1) is 7.65. The summed E-state index contributed by atoms with van der Waals surface area (Å²) in [5, 5.41) is 11.2. The second-order valence-corrected chi connectivity index (χ2v) is 5.39. The third kappa shape index (κ3) is 2.79. The summed E-state index contributed by atoms with van der Waals surface area (Å²) in [5.41, 5.74) is 1.87. The summed E-state index contributed by atoms with van der Waals surface area (Å²) in [6.07, 6.45) is -0.00493. The Morgan fingerprint density at radius 3 is 2.69 bits per heavy atom. The highest BCUT2D eigenvalue weighted by Crippen LogP contribution is 2.22. The molecule has 2 rings (SSSR count). The lowest BCUT2D eigenvalue weighted by atomic mass is 10.2. The van der Waals surface area contributed by atoms with E-state index in [9.17, 15) is 4.79 Å². The normalized spacial score (nSPS) is 10.3. The van der Waals surface area contributed by atoms with Gasteiger partial charge in [-0.05, 0) is 34.7 Å². The molecule has 0 fully saturated rings. The van der Waals surface area contributed by atoms with Gasteiger partial charge in [-0.15, -0.1) is 11.3 Å². The van der Waals surface area contributed by atoms with Crippen molar-refractivity contribution < 1.29 is 9.90 Å². The molecule has 1 aromatic carbocycles. The molecule has 0 atom stereocenters. The van der Waals surface area contributed by atoms with Gasteiger partial charge in [0, 0.05) is 14.5 Å². The standard InChI is InChI=1S/C11H8INO2S/c12-8-3-1-7(2-4-8)9-6-16-10(13-9)5-11(14)15/h1-4,6H,5H2,(H,14,15). The maximum atomic E-state index is 10.5. The Morgan fingerprint density at radius 1 is 1.38 bits per heavy atom. The van der Waals surface area contributed by atoms with E-state index in [4.69, 9.17) is 5.11 Å². The number of carboxylic acids is 1. The summed E-state index contributed by atoms with van der Waals surface area (Å²) in [4.78, 5) is 14.8. The number of halogens is 1. The van der Waals surface area contributed by atoms with Crippen molar-refractivity contribution in [3.8, 4) is 11.3 Å². The zero-order valence-corrected chi connectivity index (χ0v) is 11.2. The van der Waals surface area contributed by atoms with Gasteiger partial charge in [0.2, 0.25) is 0 Å². The summed E-state index contributed by atoms with van der Waals surface area (Å²) < 4.78 is 1.17. The van der Waals surface area contributed by atoms with Crippen molar-refractivity contribution in [2.45, 2.75) is 6.42 Å². The predicted molar refractivity (Wildman–Crippen MR) is 71.6 cm³/mol. The number of aliphatic carboxylic acids is 1. The molecule has 1 N–H and O–H groups in total. The molecule has 0 saturated heterocycles. The van der Waals surface area contributed by atoms with Crippen LogP contribution in [0.15, 0.2) is 29.6 Å². The summed E-state index contributed by atoms with van der Waals surface area (Å²) >= 11 is 3.62. The van der Waals surface area contributed by atoms with Gasteiger partial charge in [0.1, 0.15) is 5.01 Å². The zero-order chi connectivity index (χ0) is 11.5. The van der Waals surface area contributed by atoms with Crippen LogP contribution >= 0.6 is 33.9 Å². The Kier molecular flexibility index (Phi) is 3.55. The van der Waals surface area contributed by atoms with E-state index in [2.05, 4.69) is 27.6 Å². The van der Waals surface area contributed by atoms with Gasteiger partial charge in [-0.3, -0.25) is 4.79 Å². The van der Waals surface area contributed by atoms with E-state index in [1.54, 1.807) is 0 Å². The quantitative estimate of drug-likeness (QED) is 0.870. The van der Waals surface area contributed by atoms with Crippen LogP contribution in [0.5, 0.6) is 0 Å². The summed E-state index contributed by atoms with van der Waals surface area (Å²) in [5.74, 6) is -0.844. The first kappa shape index (κ1) is 11.5. The lowest BCUT2D eigenvalue weighted by Gasteiger charge is -1.96. The molecule has 0 aliphatic rings. The van der Waals surface area contributed by atoms with Crippen molar-refractivity contribution in [2.75, 3.05) is 0 Å². The Balaban J connectivity index is 2.24. The average Bonchev–Trinajstić information content (AvgIpc) is 2.66. The number of hydrogen-bond donors (Lipinski definition) is 1. The van der Waals surface area contributed by atoms with E-state index in [0.717, 1.165) is 11.3 Å². The molecule has 0 aliphatic heterocycles. The third-order valence-corrected chi connectivity index (χ3v) is 3.56. The minimum atomic E-state index is -0.844. The molecule has 0 bridgehead atoms. The first-order valence-electron chi connectivity index (χ1n) is 4.57. The largest absolute Gasteiger partial charge is 0.481 e. The molecular weight excluding hydrogens is 337 g/mol. The lowest BCUT2D eigenvalue weighted by Crippen LogP contribution is -1.99. The van der Waals surface area contributed by atoms with Gasteiger partial charge in [-0.2, -0.15) is 0 Å². The third-order valence-electron chi connectivity index (χ3n) is 1.99. The molecule has 0 amide bonds. The van der Waals surface area contributed by atoms with Crippen LogP contribution < -0.4 is 0 Å². The number of benzene rings is 1. The average molecular weight is 345 g/mol. The second-order valence-electron chi connectivity index (χ2n) is 3.20. The van der Waals surface area contributed by atoms with Gasteiger partial charge in [-0.25, -0.2) is 4.98 Å². The lowest BCUT2D eigenvalue weighted by molar-refractivity contribution is -0.136. The highest BCUT2D eigenvalue weighted by molar-refractivity contribution is 14.1. The van der Waals surface area contributed by atoms with Crippen molar-refractivity contribution in [1.82, 2.24) is 4.98 Å². The zero-order valence-electron chi connectivity index (χ0n) is 8.18. The molecule has 3 nitrogen and oxygen atoms in total. The van der Waals surface area contributed by atoms with E-state index in [1.807, 2.05) is 29.6 Å². The van der Waals surface area contributed by atoms with Gasteiger partial charge >= 0.3 is 5.97 Å². The topological polar surface area (TPSA) is 50.2 Å². The van der Waals surface area contributed by atoms with Crippen molar-refractivity contribution in [3.63, 3.8) is 0 Å². The monoisotopic (exact) mass is 345 g/mol. The Morgan fingerprint density at radius 2 is 2.06 bits per heavy atom. The number of rotatable bonds is 3. The Hall–Kier alpha value is -0.950. The fraction of sp³-hybridized carbons (Fsp3) is 0.0909. The molecule has 5 heteroatoms. The van der Waals surface area contributed by atoms with Crippen molar-refractivity contribution in [3.05, 3.63) is 38.2 Å². The van der Waals surface area contributed by atoms with Gasteiger partial charge < -0.3 is 5.11 Å². The van der Waals surface area contributed by atoms with Gasteiger partial charge in [-0.1, -0.05) is 12.1 Å². The number of carbonyl (C=O) groups is 1. The molecule has 2 aromatic rings. The Labute approximate surface area is 110 Å². The van der Waals surface area contributed by atoms with Gasteiger partial charge in [0.05, 0.1) is 12.1 Å². The van der Waals surface area contributed by atoms with E-state index >= 15 is 0 Å². The molecule has 1 aromatic heterocycles. The fourth-order valence-corrected chi connectivity index (χ4v) is 2.43. The minimum absolute atomic E-state index is 0.00493. The van der Waals surface area contributed by atoms with Crippen molar-refractivity contribution in [1.29, 1.82) is 0 Å². The maximum Gasteiger partial charge on any atom is 0.310 e. The molecule has 0 spiro atoms. The molecule has 0 unspecified atom stereocenters. The van der Waals surface area contributed by atoms with Crippen molar-refractivity contribution in [2.24, 2.45) is 0 Å². The van der Waals surface area contributed by atoms with E-state index in [1.165, 1.54) is 14.9 Å². The fourth-order valence-electron chi connectivity index (χ4n) is 1.27. The molecule has 0 radical (unpaired) electrons. The summed E-state index contributed by atoms with van der Waals surface area (Å²) in [6, 6.07) is 7.99. The summed E-state index contributed by atoms with van der Waals surface area (Å²) in [6.45, 7) is 0. The minimum Gasteiger partial charge on any atom is -0.481 e. The molecule has 1 heterocycles. The van der Waals surface area contributed by atoms with Crippen LogP contribution in [-0.2, 0) is 11.2 Å². The first-order valence-corrected chi connectivity index (χ1v) is 6.53. The van der Waals surface area contributed by atoms with E-state index in [0.29, 0.717) is 5.01 Å². The molecule has 0 aliphatic carbocycles. The summed E-state index contributed by atoms with van der Waals surface area (Å²) in [7, 11) is 0. The van der Waals surface area contributed by atoms with E-state index < -0.39 is 5.97 Å². The van der Waals surface area contributed by atoms with Crippen LogP contribution in [0.2, 0.25) is 0 Å². The van der Waals surface area contributed by atoms with Crippen LogP contribution in [0, 0.1) is 3.57 Å². The van der Waals surface area contributed by atoms with Crippen LogP contribution in [0.3, 0.4) is 0 Å². The molecular formula is C11H8INO2S.